The quantitative estimate of drug-likeness (QED) is 0.483. The van der Waals surface area contributed by atoms with Crippen LogP contribution >= 0.6 is 0 Å². The molecule has 1 amide bonds. The predicted molar refractivity (Wildman–Crippen MR) is 137 cm³/mol. The molecule has 7 heteroatoms. The van der Waals surface area contributed by atoms with E-state index in [1.54, 1.807) is 0 Å². The number of benzene rings is 2. The molecule has 1 atom stereocenters. The Bertz CT molecular complexity index is 1080. The number of aryl methyl sites for hydroxylation is 1. The first-order valence-electron chi connectivity index (χ1n) is 12.3. The lowest BCUT2D eigenvalue weighted by molar-refractivity contribution is -0.119. The number of nitrogens with zero attached hydrogens (tertiary/aromatic N) is 4. The number of nitrogens with one attached hydrogen (secondary N) is 1. The molecule has 0 unspecified atom stereocenters. The van der Waals surface area contributed by atoms with Gasteiger partial charge in [0.05, 0.1) is 12.1 Å². The lowest BCUT2D eigenvalue weighted by Crippen LogP contribution is -2.46. The average Bonchev–Trinajstić information content (AvgIpc) is 2.84. The highest BCUT2D eigenvalue weighted by Crippen LogP contribution is 2.23. The molecule has 1 aliphatic rings. The van der Waals surface area contributed by atoms with Gasteiger partial charge in [0.15, 0.2) is 0 Å². The number of rotatable bonds is 10. The zero-order valence-electron chi connectivity index (χ0n) is 20.3. The van der Waals surface area contributed by atoms with Gasteiger partial charge in [-0.1, -0.05) is 56.3 Å². The van der Waals surface area contributed by atoms with E-state index in [1.807, 2.05) is 38.1 Å². The number of anilines is 1. The van der Waals surface area contributed by atoms with Gasteiger partial charge < -0.3 is 16.0 Å². The monoisotopic (exact) mass is 460 g/mol. The number of amides is 1. The van der Waals surface area contributed by atoms with Gasteiger partial charge in [0.25, 0.3) is 0 Å². The van der Waals surface area contributed by atoms with Crippen molar-refractivity contribution in [1.82, 2.24) is 19.8 Å². The SMILES string of the molecule is CC(C)[C@H](Nc1nc(CN2CCN(CCCc3ccccc3)CC2)nc2ccccc12)C(N)=O. The Labute approximate surface area is 202 Å². The van der Waals surface area contributed by atoms with E-state index in [1.165, 1.54) is 12.0 Å². The molecule has 1 fully saturated rings. The molecule has 180 valence electrons. The normalized spacial score (nSPS) is 16.1. The van der Waals surface area contributed by atoms with Gasteiger partial charge >= 0.3 is 0 Å². The molecule has 1 aromatic heterocycles. The third kappa shape index (κ3) is 6.30. The van der Waals surface area contributed by atoms with Crippen molar-refractivity contribution in [1.29, 1.82) is 0 Å². The lowest BCUT2D eigenvalue weighted by Gasteiger charge is -2.34. The number of piperazine rings is 1. The molecule has 0 radical (unpaired) electrons. The summed E-state index contributed by atoms with van der Waals surface area (Å²) in [5.41, 5.74) is 7.93. The molecule has 0 aliphatic carbocycles. The molecule has 3 aromatic rings. The summed E-state index contributed by atoms with van der Waals surface area (Å²) < 4.78 is 0. The molecule has 0 spiro atoms. The second-order valence-corrected chi connectivity index (χ2v) is 9.48. The zero-order valence-corrected chi connectivity index (χ0v) is 20.3. The minimum Gasteiger partial charge on any atom is -0.368 e. The number of primary amides is 1. The molecule has 7 nitrogen and oxygen atoms in total. The summed E-state index contributed by atoms with van der Waals surface area (Å²) in [5, 5.41) is 4.19. The van der Waals surface area contributed by atoms with Crippen LogP contribution in [0.5, 0.6) is 0 Å². The molecule has 1 saturated heterocycles. The first-order chi connectivity index (χ1) is 16.5. The maximum Gasteiger partial charge on any atom is 0.240 e. The summed E-state index contributed by atoms with van der Waals surface area (Å²) in [5.74, 6) is 1.13. The number of nitrogens with two attached hydrogens (primary N) is 1. The Kier molecular flexibility index (Phi) is 8.08. The van der Waals surface area contributed by atoms with E-state index in [9.17, 15) is 4.79 Å². The van der Waals surface area contributed by atoms with Crippen LogP contribution in [0, 0.1) is 5.92 Å². The fourth-order valence-corrected chi connectivity index (χ4v) is 4.54. The highest BCUT2D eigenvalue weighted by molar-refractivity contribution is 5.91. The van der Waals surface area contributed by atoms with Crippen LogP contribution in [0.2, 0.25) is 0 Å². The zero-order chi connectivity index (χ0) is 23.9. The van der Waals surface area contributed by atoms with Crippen molar-refractivity contribution in [2.45, 2.75) is 39.3 Å². The van der Waals surface area contributed by atoms with Crippen LogP contribution in [0.25, 0.3) is 10.9 Å². The minimum absolute atomic E-state index is 0.0599. The van der Waals surface area contributed by atoms with Crippen LogP contribution in [0.3, 0.4) is 0 Å². The molecule has 0 bridgehead atoms. The summed E-state index contributed by atoms with van der Waals surface area (Å²) in [6, 6.07) is 18.1. The second-order valence-electron chi connectivity index (χ2n) is 9.48. The number of aromatic nitrogens is 2. The average molecular weight is 461 g/mol. The smallest absolute Gasteiger partial charge is 0.240 e. The summed E-state index contributed by atoms with van der Waals surface area (Å²) >= 11 is 0. The van der Waals surface area contributed by atoms with E-state index in [2.05, 4.69) is 45.4 Å². The van der Waals surface area contributed by atoms with Crippen LogP contribution in [-0.4, -0.2) is 64.4 Å². The van der Waals surface area contributed by atoms with Crippen molar-refractivity contribution in [2.75, 3.05) is 38.0 Å². The number of carbonyl (C=O) groups is 1. The Morgan fingerprint density at radius 2 is 1.65 bits per heavy atom. The van der Waals surface area contributed by atoms with Crippen LogP contribution in [0.4, 0.5) is 5.82 Å². The Morgan fingerprint density at radius 3 is 2.35 bits per heavy atom. The van der Waals surface area contributed by atoms with E-state index in [0.29, 0.717) is 12.4 Å². The molecule has 3 N–H and O–H groups in total. The molecular formula is C27H36N6O. The summed E-state index contributed by atoms with van der Waals surface area (Å²) in [6.07, 6.45) is 2.31. The summed E-state index contributed by atoms with van der Waals surface area (Å²) in [4.78, 5) is 26.6. The highest BCUT2D eigenvalue weighted by atomic mass is 16.1. The molecule has 34 heavy (non-hydrogen) atoms. The first-order valence-corrected chi connectivity index (χ1v) is 12.3. The van der Waals surface area contributed by atoms with Crippen LogP contribution in [0.15, 0.2) is 54.6 Å². The van der Waals surface area contributed by atoms with Gasteiger partial charge in [0, 0.05) is 31.6 Å². The van der Waals surface area contributed by atoms with Crippen molar-refractivity contribution in [2.24, 2.45) is 11.7 Å². The van der Waals surface area contributed by atoms with E-state index in [-0.39, 0.29) is 11.8 Å². The van der Waals surface area contributed by atoms with E-state index in [0.717, 1.165) is 55.9 Å². The minimum atomic E-state index is -0.481. The fraction of sp³-hybridized carbons (Fsp3) is 0.444. The van der Waals surface area contributed by atoms with Gasteiger partial charge in [0.2, 0.25) is 5.91 Å². The number of fused-ring (bicyclic) bond motifs is 1. The maximum atomic E-state index is 12.0. The predicted octanol–water partition coefficient (Wildman–Crippen LogP) is 3.30. The molecule has 4 rings (SSSR count). The molecule has 2 heterocycles. The third-order valence-electron chi connectivity index (χ3n) is 6.53. The largest absolute Gasteiger partial charge is 0.368 e. The van der Waals surface area contributed by atoms with Gasteiger partial charge in [-0.3, -0.25) is 9.69 Å². The molecule has 2 aromatic carbocycles. The lowest BCUT2D eigenvalue weighted by atomic mass is 10.0. The number of carbonyl (C=O) groups excluding carboxylic acids is 1. The van der Waals surface area contributed by atoms with Gasteiger partial charge in [-0.25, -0.2) is 9.97 Å². The van der Waals surface area contributed by atoms with E-state index >= 15 is 0 Å². The van der Waals surface area contributed by atoms with Crippen molar-refractivity contribution in [3.63, 3.8) is 0 Å². The topological polar surface area (TPSA) is 87.4 Å². The third-order valence-corrected chi connectivity index (χ3v) is 6.53. The highest BCUT2D eigenvalue weighted by Gasteiger charge is 2.22. The molecular weight excluding hydrogens is 424 g/mol. The van der Waals surface area contributed by atoms with Gasteiger partial charge in [-0.2, -0.15) is 0 Å². The number of hydrogen-bond acceptors (Lipinski definition) is 6. The van der Waals surface area contributed by atoms with Crippen molar-refractivity contribution >= 4 is 22.6 Å². The maximum absolute atomic E-state index is 12.0. The molecule has 0 saturated carbocycles. The number of hydrogen-bond donors (Lipinski definition) is 2. The summed E-state index contributed by atoms with van der Waals surface area (Å²) in [6.45, 7) is 9.90. The standard InChI is InChI=1S/C27H36N6O/c1-20(2)25(26(28)34)31-27-22-12-6-7-13-23(22)29-24(30-27)19-33-17-15-32(16-18-33)14-8-11-21-9-4-3-5-10-21/h3-7,9-10,12-13,20,25H,8,11,14-19H2,1-2H3,(H2,28,34)(H,29,30,31)/t25-/m0/s1. The Balaban J connectivity index is 1.36. The number of para-hydroxylation sites is 1. The van der Waals surface area contributed by atoms with Crippen LogP contribution < -0.4 is 11.1 Å². The van der Waals surface area contributed by atoms with E-state index in [4.69, 9.17) is 15.7 Å². The summed E-state index contributed by atoms with van der Waals surface area (Å²) in [7, 11) is 0. The Hall–Kier alpha value is -3.03. The van der Waals surface area contributed by atoms with Crippen molar-refractivity contribution in [3.8, 4) is 0 Å². The van der Waals surface area contributed by atoms with Gasteiger partial charge in [0.1, 0.15) is 17.7 Å². The van der Waals surface area contributed by atoms with E-state index < -0.39 is 6.04 Å². The van der Waals surface area contributed by atoms with Crippen LogP contribution in [-0.2, 0) is 17.8 Å². The Morgan fingerprint density at radius 1 is 0.971 bits per heavy atom. The van der Waals surface area contributed by atoms with Crippen molar-refractivity contribution in [3.05, 3.63) is 66.0 Å². The van der Waals surface area contributed by atoms with Gasteiger partial charge in [-0.05, 0) is 43.0 Å². The van der Waals surface area contributed by atoms with Gasteiger partial charge in [-0.15, -0.1) is 0 Å². The van der Waals surface area contributed by atoms with Crippen molar-refractivity contribution < 1.29 is 4.79 Å². The first kappa shape index (κ1) is 24.1. The second kappa shape index (κ2) is 11.4. The fourth-order valence-electron chi connectivity index (χ4n) is 4.54. The molecule has 1 aliphatic heterocycles. The van der Waals surface area contributed by atoms with Crippen LogP contribution in [0.1, 0.15) is 31.7 Å².